The molecule has 0 amide bonds. The summed E-state index contributed by atoms with van der Waals surface area (Å²) in [6, 6.07) is 0. The molecule has 6 nitrogen and oxygen atoms in total. The number of unbranched alkanes of at least 4 members (excludes halogenated alkanes) is 23. The summed E-state index contributed by atoms with van der Waals surface area (Å²) in [5.41, 5.74) is -0.706. The third kappa shape index (κ3) is 37.6. The van der Waals surface area contributed by atoms with Crippen molar-refractivity contribution < 1.29 is 28.6 Å². The summed E-state index contributed by atoms with van der Waals surface area (Å²) >= 11 is 5.60. The fourth-order valence-corrected chi connectivity index (χ4v) is 7.60. The molecule has 320 valence electrons. The SMILES string of the molecule is CCCCCCCC(CCCCCC)OC(=O)CCCCCCCCC(CCCCCCCCC(=O)OC(CCCCCC)CCCCCC)OC(=O)Cl. The average molecular weight is 786 g/mol. The van der Waals surface area contributed by atoms with Crippen LogP contribution >= 0.6 is 11.6 Å². The Hall–Kier alpha value is -1.30. The summed E-state index contributed by atoms with van der Waals surface area (Å²) < 4.78 is 17.3. The molecule has 7 heteroatoms. The molecule has 0 aliphatic carbocycles. The Bertz CT molecular complexity index is 823. The van der Waals surface area contributed by atoms with Gasteiger partial charge in [-0.2, -0.15) is 0 Å². The predicted octanol–water partition coefficient (Wildman–Crippen LogP) is 16.1. The Balaban J connectivity index is 4.11. The molecule has 0 bridgehead atoms. The molecule has 0 aromatic rings. The van der Waals surface area contributed by atoms with Crippen molar-refractivity contribution in [3.05, 3.63) is 0 Å². The Morgan fingerprint density at radius 2 is 0.556 bits per heavy atom. The van der Waals surface area contributed by atoms with Crippen molar-refractivity contribution in [2.24, 2.45) is 0 Å². The Kier molecular flexibility index (Phi) is 40.3. The first-order chi connectivity index (χ1) is 26.4. The molecule has 0 radical (unpaired) electrons. The number of ether oxygens (including phenoxy) is 3. The monoisotopic (exact) mass is 785 g/mol. The predicted molar refractivity (Wildman–Crippen MR) is 229 cm³/mol. The summed E-state index contributed by atoms with van der Waals surface area (Å²) in [6.07, 6.45) is 40.4. The molecular formula is C47H89ClO6. The Morgan fingerprint density at radius 3 is 0.833 bits per heavy atom. The third-order valence-corrected chi connectivity index (χ3v) is 11.0. The Labute approximate surface area is 340 Å². The molecular weight excluding hydrogens is 696 g/mol. The number of hydrogen-bond donors (Lipinski definition) is 0. The van der Waals surface area contributed by atoms with Gasteiger partial charge in [-0.1, -0.05) is 163 Å². The van der Waals surface area contributed by atoms with Crippen LogP contribution < -0.4 is 0 Å². The molecule has 54 heavy (non-hydrogen) atoms. The number of halogens is 1. The number of hydrogen-bond acceptors (Lipinski definition) is 6. The van der Waals surface area contributed by atoms with E-state index in [9.17, 15) is 14.4 Å². The van der Waals surface area contributed by atoms with Gasteiger partial charge in [0, 0.05) is 24.4 Å². The molecule has 0 spiro atoms. The van der Waals surface area contributed by atoms with Crippen molar-refractivity contribution in [2.75, 3.05) is 0 Å². The van der Waals surface area contributed by atoms with Crippen LogP contribution in [0, 0.1) is 0 Å². The van der Waals surface area contributed by atoms with Gasteiger partial charge in [-0.25, -0.2) is 4.79 Å². The molecule has 0 aromatic carbocycles. The zero-order chi connectivity index (χ0) is 39.7. The first-order valence-corrected chi connectivity index (χ1v) is 24.0. The smallest absolute Gasteiger partial charge is 0.404 e. The van der Waals surface area contributed by atoms with Gasteiger partial charge in [0.05, 0.1) is 0 Å². The molecule has 0 fully saturated rings. The second kappa shape index (κ2) is 41.3. The number of rotatable bonds is 42. The van der Waals surface area contributed by atoms with Crippen LogP contribution in [0.5, 0.6) is 0 Å². The quantitative estimate of drug-likeness (QED) is 0.0265. The highest BCUT2D eigenvalue weighted by Gasteiger charge is 2.16. The maximum absolute atomic E-state index is 12.6. The van der Waals surface area contributed by atoms with Crippen molar-refractivity contribution in [1.82, 2.24) is 0 Å². The molecule has 0 N–H and O–H groups in total. The number of carbonyl (C=O) groups is 3. The highest BCUT2D eigenvalue weighted by Crippen LogP contribution is 2.21. The normalized spacial score (nSPS) is 12.6. The summed E-state index contributed by atoms with van der Waals surface area (Å²) in [7, 11) is 0. The molecule has 0 saturated carbocycles. The van der Waals surface area contributed by atoms with E-state index in [0.29, 0.717) is 12.8 Å². The standard InChI is InChI=1S/C47H89ClO6/c1-5-9-13-21-29-37-43(36-28-16-12-8-4)53-46(50)41-33-25-20-18-23-31-39-44(54-47(48)51)38-30-22-17-19-24-32-40-45(49)52-42(34-26-14-10-6-2)35-27-15-11-7-3/h42-44H,5-41H2,1-4H3. The van der Waals surface area contributed by atoms with Crippen molar-refractivity contribution in [1.29, 1.82) is 0 Å². The molecule has 0 rings (SSSR count). The van der Waals surface area contributed by atoms with Crippen LogP contribution in [0.3, 0.4) is 0 Å². The lowest BCUT2D eigenvalue weighted by molar-refractivity contribution is -0.151. The van der Waals surface area contributed by atoms with Gasteiger partial charge < -0.3 is 14.2 Å². The van der Waals surface area contributed by atoms with E-state index in [1.165, 1.54) is 83.5 Å². The third-order valence-electron chi connectivity index (χ3n) is 10.9. The number of esters is 2. The van der Waals surface area contributed by atoms with Gasteiger partial charge in [-0.3, -0.25) is 9.59 Å². The minimum Gasteiger partial charge on any atom is -0.462 e. The van der Waals surface area contributed by atoms with E-state index in [2.05, 4.69) is 27.7 Å². The summed E-state index contributed by atoms with van der Waals surface area (Å²) in [6.45, 7) is 8.93. The fraction of sp³-hybridized carbons (Fsp3) is 0.936. The van der Waals surface area contributed by atoms with Crippen LogP contribution in [-0.4, -0.2) is 35.7 Å². The summed E-state index contributed by atoms with van der Waals surface area (Å²) in [4.78, 5) is 36.7. The second-order valence-electron chi connectivity index (χ2n) is 16.3. The molecule has 0 aliphatic rings. The van der Waals surface area contributed by atoms with Crippen LogP contribution in [0.2, 0.25) is 0 Å². The molecule has 2 atom stereocenters. The van der Waals surface area contributed by atoms with Crippen LogP contribution in [0.25, 0.3) is 0 Å². The van der Waals surface area contributed by atoms with Crippen LogP contribution in [0.1, 0.15) is 265 Å². The highest BCUT2D eigenvalue weighted by molar-refractivity contribution is 6.61. The van der Waals surface area contributed by atoms with Crippen molar-refractivity contribution in [2.45, 2.75) is 284 Å². The molecule has 0 heterocycles. The molecule has 0 aliphatic heterocycles. The first kappa shape index (κ1) is 52.7. The van der Waals surface area contributed by atoms with Gasteiger partial charge in [-0.15, -0.1) is 0 Å². The van der Waals surface area contributed by atoms with Crippen LogP contribution in [-0.2, 0) is 23.8 Å². The summed E-state index contributed by atoms with van der Waals surface area (Å²) in [5.74, 6) is -0.0308. The van der Waals surface area contributed by atoms with E-state index < -0.39 is 5.43 Å². The van der Waals surface area contributed by atoms with Crippen LogP contribution in [0.15, 0.2) is 0 Å². The lowest BCUT2D eigenvalue weighted by atomic mass is 10.0. The molecule has 0 saturated heterocycles. The molecule has 2 unspecified atom stereocenters. The second-order valence-corrected chi connectivity index (χ2v) is 16.6. The van der Waals surface area contributed by atoms with Crippen molar-refractivity contribution >= 4 is 29.0 Å². The lowest BCUT2D eigenvalue weighted by Crippen LogP contribution is -2.18. The van der Waals surface area contributed by atoms with Gasteiger partial charge in [0.15, 0.2) is 0 Å². The molecule has 0 aromatic heterocycles. The summed E-state index contributed by atoms with van der Waals surface area (Å²) in [5, 5.41) is 0. The van der Waals surface area contributed by atoms with Crippen LogP contribution in [0.4, 0.5) is 4.79 Å². The van der Waals surface area contributed by atoms with E-state index in [1.807, 2.05) is 0 Å². The average Bonchev–Trinajstić information content (AvgIpc) is 3.14. The van der Waals surface area contributed by atoms with E-state index >= 15 is 0 Å². The van der Waals surface area contributed by atoms with Gasteiger partial charge in [0.2, 0.25) is 0 Å². The minimum atomic E-state index is -0.706. The van der Waals surface area contributed by atoms with Gasteiger partial charge >= 0.3 is 17.4 Å². The van der Waals surface area contributed by atoms with Crippen molar-refractivity contribution in [3.63, 3.8) is 0 Å². The topological polar surface area (TPSA) is 78.9 Å². The minimum absolute atomic E-state index is 0.0141. The first-order valence-electron chi connectivity index (χ1n) is 23.6. The number of carbonyl (C=O) groups excluding carboxylic acids is 3. The van der Waals surface area contributed by atoms with E-state index in [4.69, 9.17) is 25.8 Å². The van der Waals surface area contributed by atoms with Gasteiger partial charge in [-0.05, 0) is 89.9 Å². The van der Waals surface area contributed by atoms with Gasteiger partial charge in [0.25, 0.3) is 0 Å². The van der Waals surface area contributed by atoms with E-state index in [-0.39, 0.29) is 30.3 Å². The maximum atomic E-state index is 12.6. The Morgan fingerprint density at radius 1 is 0.333 bits per heavy atom. The van der Waals surface area contributed by atoms with Gasteiger partial charge in [0.1, 0.15) is 18.3 Å². The largest absolute Gasteiger partial charge is 0.462 e. The lowest BCUT2D eigenvalue weighted by Gasteiger charge is -2.18. The van der Waals surface area contributed by atoms with Crippen molar-refractivity contribution in [3.8, 4) is 0 Å². The highest BCUT2D eigenvalue weighted by atomic mass is 35.5. The zero-order valence-electron chi connectivity index (χ0n) is 36.2. The maximum Gasteiger partial charge on any atom is 0.404 e. The van der Waals surface area contributed by atoms with E-state index in [1.54, 1.807) is 0 Å². The zero-order valence-corrected chi connectivity index (χ0v) is 37.0. The van der Waals surface area contributed by atoms with E-state index in [0.717, 1.165) is 141 Å². The fourth-order valence-electron chi connectivity index (χ4n) is 7.48.